The second kappa shape index (κ2) is 7.38. The molecule has 2 heterocycles. The first kappa shape index (κ1) is 17.0. The fourth-order valence-electron chi connectivity index (χ4n) is 1.86. The second-order valence-electron chi connectivity index (χ2n) is 4.70. The maximum atomic E-state index is 12.7. The molecule has 0 saturated heterocycles. The summed E-state index contributed by atoms with van der Waals surface area (Å²) < 4.78 is 42.7. The minimum atomic E-state index is -0.903. The Bertz CT molecular complexity index is 1040. The van der Waals surface area contributed by atoms with Crippen molar-refractivity contribution in [2.45, 2.75) is 0 Å². The Morgan fingerprint density at radius 2 is 1.12 bits per heavy atom. The van der Waals surface area contributed by atoms with Crippen LogP contribution in [0.5, 0.6) is 0 Å². The van der Waals surface area contributed by atoms with Gasteiger partial charge < -0.3 is 8.83 Å². The summed E-state index contributed by atoms with van der Waals surface area (Å²) in [4.78, 5) is 20.9. The van der Waals surface area contributed by atoms with E-state index in [1.165, 1.54) is 36.4 Å². The molecule has 4 aromatic rings. The van der Waals surface area contributed by atoms with E-state index >= 15 is 0 Å². The summed E-state index contributed by atoms with van der Waals surface area (Å²) in [6, 6.07) is 11.0. The Labute approximate surface area is 142 Å². The summed E-state index contributed by atoms with van der Waals surface area (Å²) in [5, 5.41) is 6.61. The van der Waals surface area contributed by atoms with Crippen molar-refractivity contribution in [1.82, 2.24) is 10.3 Å². The van der Waals surface area contributed by atoms with E-state index in [4.69, 9.17) is 0 Å². The van der Waals surface area contributed by atoms with Gasteiger partial charge in [-0.25, -0.2) is 18.4 Å². The summed E-state index contributed by atoms with van der Waals surface area (Å²) in [6.07, 6.45) is 0. The molecule has 0 aliphatic rings. The number of rotatable bonds is 2. The average Bonchev–Trinajstić information content (AvgIpc) is 3.24. The normalized spacial score (nSPS) is 10.2. The van der Waals surface area contributed by atoms with E-state index in [-0.39, 0.29) is 11.8 Å². The molecule has 0 atom stereocenters. The highest BCUT2D eigenvalue weighted by molar-refractivity contribution is 5.52. The summed E-state index contributed by atoms with van der Waals surface area (Å²) in [5.41, 5.74) is 0.733. The second-order valence-corrected chi connectivity index (χ2v) is 4.70. The quantitative estimate of drug-likeness (QED) is 0.535. The van der Waals surface area contributed by atoms with E-state index in [1.54, 1.807) is 12.1 Å². The van der Waals surface area contributed by atoms with E-state index in [9.17, 15) is 18.4 Å². The molecule has 26 heavy (non-hydrogen) atoms. The highest BCUT2D eigenvalue weighted by atomic mass is 19.1. The zero-order valence-electron chi connectivity index (χ0n) is 12.7. The average molecular weight is 362 g/mol. The van der Waals surface area contributed by atoms with Gasteiger partial charge in [-0.15, -0.1) is 0 Å². The minimum Gasteiger partial charge on any atom is -0.370 e. The third-order valence-electron chi connectivity index (χ3n) is 2.91. The molecular weight excluding hydrogens is 354 g/mol. The zero-order valence-corrected chi connectivity index (χ0v) is 12.7. The molecular formula is C16H8F2N2O6. The van der Waals surface area contributed by atoms with Gasteiger partial charge in [-0.1, -0.05) is 12.1 Å². The Hall–Kier alpha value is -3.82. The number of hydrogen-bond donors (Lipinski definition) is 0. The smallest absolute Gasteiger partial charge is 0.370 e. The lowest BCUT2D eigenvalue weighted by Gasteiger charge is -1.91. The van der Waals surface area contributed by atoms with E-state index < -0.39 is 23.3 Å². The van der Waals surface area contributed by atoms with Gasteiger partial charge in [0, 0.05) is 11.1 Å². The van der Waals surface area contributed by atoms with Gasteiger partial charge >= 0.3 is 11.6 Å². The van der Waals surface area contributed by atoms with Crippen LogP contribution in [0, 0.1) is 11.6 Å². The maximum Gasteiger partial charge on any atom is 0.542 e. The molecule has 132 valence electrons. The van der Waals surface area contributed by atoms with Gasteiger partial charge in [0.15, 0.2) is 0 Å². The van der Waals surface area contributed by atoms with Crippen molar-refractivity contribution in [3.8, 4) is 22.9 Å². The zero-order chi connectivity index (χ0) is 18.5. The molecule has 0 bridgehead atoms. The van der Waals surface area contributed by atoms with Crippen LogP contribution in [0.15, 0.2) is 76.0 Å². The maximum absolute atomic E-state index is 12.7. The Kier molecular flexibility index (Phi) is 4.83. The largest absolute Gasteiger partial charge is 0.542 e. The molecule has 0 aliphatic carbocycles. The van der Waals surface area contributed by atoms with Crippen LogP contribution < -0.4 is 11.6 Å². The molecule has 0 spiro atoms. The SMILES string of the molecule is O=c1onc(-c2cccc(F)c2)o1.O=c1onc(-c2cccc(F)c2)o1. The molecule has 0 saturated carbocycles. The van der Waals surface area contributed by atoms with Gasteiger partial charge in [-0.2, -0.15) is 0 Å². The third kappa shape index (κ3) is 4.17. The highest BCUT2D eigenvalue weighted by Crippen LogP contribution is 2.16. The van der Waals surface area contributed by atoms with Gasteiger partial charge in [0.25, 0.3) is 11.8 Å². The fraction of sp³-hybridized carbons (Fsp3) is 0. The summed E-state index contributed by atoms with van der Waals surface area (Å²) in [6.45, 7) is 0. The Balaban J connectivity index is 0.000000151. The van der Waals surface area contributed by atoms with Crippen molar-refractivity contribution >= 4 is 0 Å². The van der Waals surface area contributed by atoms with Crippen molar-refractivity contribution < 1.29 is 26.7 Å². The van der Waals surface area contributed by atoms with Crippen LogP contribution in [-0.2, 0) is 0 Å². The van der Waals surface area contributed by atoms with Crippen LogP contribution in [0.4, 0.5) is 8.78 Å². The molecule has 0 aliphatic heterocycles. The van der Waals surface area contributed by atoms with E-state index in [2.05, 4.69) is 28.2 Å². The van der Waals surface area contributed by atoms with E-state index in [0.717, 1.165) is 0 Å². The van der Waals surface area contributed by atoms with Crippen LogP contribution >= 0.6 is 0 Å². The van der Waals surface area contributed by atoms with Gasteiger partial charge in [0.1, 0.15) is 11.6 Å². The molecule has 0 N–H and O–H groups in total. The lowest BCUT2D eigenvalue weighted by Crippen LogP contribution is -1.85. The third-order valence-corrected chi connectivity index (χ3v) is 2.91. The van der Waals surface area contributed by atoms with Gasteiger partial charge in [-0.05, 0) is 46.7 Å². The minimum absolute atomic E-state index is 0.0236. The monoisotopic (exact) mass is 362 g/mol. The van der Waals surface area contributed by atoms with Gasteiger partial charge in [0.05, 0.1) is 0 Å². The first-order valence-electron chi connectivity index (χ1n) is 6.97. The van der Waals surface area contributed by atoms with Crippen LogP contribution in [0.1, 0.15) is 0 Å². The number of hydrogen-bond acceptors (Lipinski definition) is 8. The predicted octanol–water partition coefficient (Wildman–Crippen LogP) is 2.87. The van der Waals surface area contributed by atoms with Gasteiger partial charge in [-0.3, -0.25) is 9.05 Å². The molecule has 2 aromatic heterocycles. The molecule has 4 rings (SSSR count). The molecule has 0 fully saturated rings. The highest BCUT2D eigenvalue weighted by Gasteiger charge is 2.07. The number of aromatic nitrogens is 2. The lowest BCUT2D eigenvalue weighted by atomic mass is 10.2. The fourth-order valence-corrected chi connectivity index (χ4v) is 1.86. The van der Waals surface area contributed by atoms with Crippen LogP contribution in [-0.4, -0.2) is 10.3 Å². The van der Waals surface area contributed by atoms with Crippen molar-refractivity contribution in [3.05, 3.63) is 81.4 Å². The molecule has 0 unspecified atom stereocenters. The Morgan fingerprint density at radius 3 is 1.42 bits per heavy atom. The summed E-state index contributed by atoms with van der Waals surface area (Å²) >= 11 is 0. The molecule has 8 nitrogen and oxygen atoms in total. The topological polar surface area (TPSA) is 112 Å². The molecule has 2 aromatic carbocycles. The van der Waals surface area contributed by atoms with E-state index in [1.807, 2.05) is 0 Å². The first-order valence-corrected chi connectivity index (χ1v) is 6.97. The standard InChI is InChI=1S/2C8H4FNO3/c2*9-6-3-1-2-5(4-6)7-10-13-8(11)12-7/h2*1-4H. The lowest BCUT2D eigenvalue weighted by molar-refractivity contribution is 0.335. The number of benzene rings is 2. The first-order chi connectivity index (χ1) is 12.5. The van der Waals surface area contributed by atoms with Crippen molar-refractivity contribution in [3.63, 3.8) is 0 Å². The van der Waals surface area contributed by atoms with Crippen LogP contribution in [0.3, 0.4) is 0 Å². The molecule has 0 radical (unpaired) electrons. The van der Waals surface area contributed by atoms with Crippen molar-refractivity contribution in [2.75, 3.05) is 0 Å². The number of nitrogens with zero attached hydrogens (tertiary/aromatic N) is 2. The molecule has 10 heteroatoms. The number of halogens is 2. The van der Waals surface area contributed by atoms with E-state index in [0.29, 0.717) is 11.1 Å². The van der Waals surface area contributed by atoms with Gasteiger partial charge in [0.2, 0.25) is 0 Å². The molecule has 0 amide bonds. The summed E-state index contributed by atoms with van der Waals surface area (Å²) in [7, 11) is 0. The predicted molar refractivity (Wildman–Crippen MR) is 80.9 cm³/mol. The van der Waals surface area contributed by atoms with Crippen LogP contribution in [0.25, 0.3) is 22.9 Å². The van der Waals surface area contributed by atoms with Crippen molar-refractivity contribution in [1.29, 1.82) is 0 Å². The van der Waals surface area contributed by atoms with Crippen molar-refractivity contribution in [2.24, 2.45) is 0 Å². The Morgan fingerprint density at radius 1 is 0.692 bits per heavy atom. The summed E-state index contributed by atoms with van der Waals surface area (Å²) in [5.74, 6) is -2.71. The van der Waals surface area contributed by atoms with Crippen LogP contribution in [0.2, 0.25) is 0 Å².